The summed E-state index contributed by atoms with van der Waals surface area (Å²) in [6.07, 6.45) is 2.06. The molecule has 4 heteroatoms. The lowest BCUT2D eigenvalue weighted by Crippen LogP contribution is -2.15. The van der Waals surface area contributed by atoms with E-state index in [1.165, 1.54) is 0 Å². The van der Waals surface area contributed by atoms with Crippen LogP contribution >= 0.6 is 22.9 Å². The summed E-state index contributed by atoms with van der Waals surface area (Å²) in [6.45, 7) is 2.89. The highest BCUT2D eigenvalue weighted by molar-refractivity contribution is 7.19. The van der Waals surface area contributed by atoms with Gasteiger partial charge in [0.1, 0.15) is 0 Å². The molecule has 2 N–H and O–H groups in total. The summed E-state index contributed by atoms with van der Waals surface area (Å²) in [6, 6.07) is 5.85. The van der Waals surface area contributed by atoms with Gasteiger partial charge >= 0.3 is 0 Å². The summed E-state index contributed by atoms with van der Waals surface area (Å²) in [7, 11) is 0. The number of fused-ring (bicyclic) bond motifs is 1. The van der Waals surface area contributed by atoms with Gasteiger partial charge in [-0.2, -0.15) is 0 Å². The van der Waals surface area contributed by atoms with Crippen molar-refractivity contribution < 1.29 is 0 Å². The fraction of sp³-hybridized carbons (Fsp3) is 0.417. The lowest BCUT2D eigenvalue weighted by Gasteiger charge is -2.08. The first-order valence-electron chi connectivity index (χ1n) is 5.48. The molecule has 86 valence electrons. The van der Waals surface area contributed by atoms with Gasteiger partial charge in [-0.25, -0.2) is 4.98 Å². The van der Waals surface area contributed by atoms with E-state index in [1.807, 2.05) is 18.2 Å². The second kappa shape index (κ2) is 5.13. The highest BCUT2D eigenvalue weighted by Gasteiger charge is 2.11. The molecule has 0 aliphatic rings. The van der Waals surface area contributed by atoms with Crippen molar-refractivity contribution in [2.24, 2.45) is 11.7 Å². The van der Waals surface area contributed by atoms with Crippen molar-refractivity contribution in [3.05, 3.63) is 28.2 Å². The SMILES string of the molecule is CCC(CN)Cc1nc2cccc(Cl)c2s1. The van der Waals surface area contributed by atoms with E-state index in [0.717, 1.165) is 39.6 Å². The number of thiazole rings is 1. The first kappa shape index (κ1) is 11.8. The van der Waals surface area contributed by atoms with E-state index in [0.29, 0.717) is 5.92 Å². The number of hydrogen-bond acceptors (Lipinski definition) is 3. The molecule has 16 heavy (non-hydrogen) atoms. The van der Waals surface area contributed by atoms with Crippen molar-refractivity contribution in [2.75, 3.05) is 6.54 Å². The van der Waals surface area contributed by atoms with E-state index in [-0.39, 0.29) is 0 Å². The van der Waals surface area contributed by atoms with Crippen LogP contribution < -0.4 is 5.73 Å². The van der Waals surface area contributed by atoms with Gasteiger partial charge in [-0.05, 0) is 24.6 Å². The number of aromatic nitrogens is 1. The molecule has 2 nitrogen and oxygen atoms in total. The van der Waals surface area contributed by atoms with Gasteiger partial charge in [0.05, 0.1) is 20.2 Å². The summed E-state index contributed by atoms with van der Waals surface area (Å²) >= 11 is 7.80. The van der Waals surface area contributed by atoms with E-state index >= 15 is 0 Å². The average molecular weight is 255 g/mol. The standard InChI is InChI=1S/C12H15ClN2S/c1-2-8(7-14)6-11-15-10-5-3-4-9(13)12(10)16-11/h3-5,8H,2,6-7,14H2,1H3. The summed E-state index contributed by atoms with van der Waals surface area (Å²) < 4.78 is 1.09. The molecule has 2 aromatic rings. The van der Waals surface area contributed by atoms with Gasteiger partial charge in [0.25, 0.3) is 0 Å². The van der Waals surface area contributed by atoms with Gasteiger partial charge in [-0.1, -0.05) is 31.0 Å². The maximum absolute atomic E-state index is 6.12. The number of rotatable bonds is 4. The lowest BCUT2D eigenvalue weighted by atomic mass is 10.0. The number of nitrogens with zero attached hydrogens (tertiary/aromatic N) is 1. The quantitative estimate of drug-likeness (QED) is 0.907. The first-order valence-corrected chi connectivity index (χ1v) is 6.68. The molecule has 1 heterocycles. The Labute approximate surface area is 104 Å². The highest BCUT2D eigenvalue weighted by atomic mass is 35.5. The zero-order valence-electron chi connectivity index (χ0n) is 9.24. The number of hydrogen-bond donors (Lipinski definition) is 1. The lowest BCUT2D eigenvalue weighted by molar-refractivity contribution is 0.518. The molecule has 1 unspecified atom stereocenters. The normalized spacial score (nSPS) is 13.2. The van der Waals surface area contributed by atoms with Gasteiger partial charge in [-0.3, -0.25) is 0 Å². The summed E-state index contributed by atoms with van der Waals surface area (Å²) in [4.78, 5) is 4.59. The molecule has 1 aromatic heterocycles. The first-order chi connectivity index (χ1) is 7.74. The van der Waals surface area contributed by atoms with Gasteiger partial charge < -0.3 is 5.73 Å². The fourth-order valence-electron chi connectivity index (χ4n) is 1.69. The number of nitrogens with two attached hydrogens (primary N) is 1. The summed E-state index contributed by atoms with van der Waals surface area (Å²) in [5, 5.41) is 1.93. The van der Waals surface area contributed by atoms with Crippen LogP contribution in [0.4, 0.5) is 0 Å². The molecule has 1 atom stereocenters. The van der Waals surface area contributed by atoms with Crippen LogP contribution in [0.15, 0.2) is 18.2 Å². The molecule has 0 aliphatic carbocycles. The predicted molar refractivity (Wildman–Crippen MR) is 71.2 cm³/mol. The Bertz CT molecular complexity index is 477. The van der Waals surface area contributed by atoms with Crippen molar-refractivity contribution in [3.63, 3.8) is 0 Å². The van der Waals surface area contributed by atoms with Crippen LogP contribution in [0.1, 0.15) is 18.4 Å². The average Bonchev–Trinajstić information content (AvgIpc) is 2.70. The van der Waals surface area contributed by atoms with Crippen molar-refractivity contribution >= 4 is 33.2 Å². The second-order valence-corrected chi connectivity index (χ2v) is 5.40. The summed E-state index contributed by atoms with van der Waals surface area (Å²) in [5.74, 6) is 0.527. The fourth-order valence-corrected chi connectivity index (χ4v) is 3.06. The van der Waals surface area contributed by atoms with Crippen LogP contribution in [0, 0.1) is 5.92 Å². The zero-order valence-corrected chi connectivity index (χ0v) is 10.8. The van der Waals surface area contributed by atoms with Crippen LogP contribution in [-0.2, 0) is 6.42 Å². The van der Waals surface area contributed by atoms with Gasteiger partial charge in [-0.15, -0.1) is 11.3 Å². The minimum absolute atomic E-state index is 0.527. The smallest absolute Gasteiger partial charge is 0.0942 e. The second-order valence-electron chi connectivity index (χ2n) is 3.91. The van der Waals surface area contributed by atoms with Crippen LogP contribution in [0.5, 0.6) is 0 Å². The molecule has 0 fully saturated rings. The van der Waals surface area contributed by atoms with Crippen LogP contribution in [-0.4, -0.2) is 11.5 Å². The van der Waals surface area contributed by atoms with E-state index in [2.05, 4.69) is 11.9 Å². The van der Waals surface area contributed by atoms with E-state index in [4.69, 9.17) is 17.3 Å². The van der Waals surface area contributed by atoms with E-state index < -0.39 is 0 Å². The molecule has 2 rings (SSSR count). The molecular formula is C12H15ClN2S. The van der Waals surface area contributed by atoms with Gasteiger partial charge in [0, 0.05) is 6.42 Å². The Morgan fingerprint density at radius 1 is 1.50 bits per heavy atom. The van der Waals surface area contributed by atoms with Crippen molar-refractivity contribution in [1.82, 2.24) is 4.98 Å². The maximum Gasteiger partial charge on any atom is 0.0942 e. The summed E-state index contributed by atoms with van der Waals surface area (Å²) in [5.41, 5.74) is 6.71. The van der Waals surface area contributed by atoms with E-state index in [1.54, 1.807) is 11.3 Å². The molecule has 0 aliphatic heterocycles. The molecule has 0 bridgehead atoms. The minimum Gasteiger partial charge on any atom is -0.330 e. The van der Waals surface area contributed by atoms with Gasteiger partial charge in [0.15, 0.2) is 0 Å². The number of benzene rings is 1. The Morgan fingerprint density at radius 3 is 2.94 bits per heavy atom. The van der Waals surface area contributed by atoms with E-state index in [9.17, 15) is 0 Å². The number of halogens is 1. The predicted octanol–water partition coefficient (Wildman–Crippen LogP) is 3.48. The molecule has 0 radical (unpaired) electrons. The largest absolute Gasteiger partial charge is 0.330 e. The van der Waals surface area contributed by atoms with Crippen LogP contribution in [0.25, 0.3) is 10.2 Å². The van der Waals surface area contributed by atoms with Gasteiger partial charge in [0.2, 0.25) is 0 Å². The maximum atomic E-state index is 6.12. The minimum atomic E-state index is 0.527. The Kier molecular flexibility index (Phi) is 3.79. The zero-order chi connectivity index (χ0) is 11.5. The Hall–Kier alpha value is -0.640. The topological polar surface area (TPSA) is 38.9 Å². The van der Waals surface area contributed by atoms with Crippen molar-refractivity contribution in [2.45, 2.75) is 19.8 Å². The molecular weight excluding hydrogens is 240 g/mol. The van der Waals surface area contributed by atoms with Crippen LogP contribution in [0.3, 0.4) is 0 Å². The Balaban J connectivity index is 2.29. The monoisotopic (exact) mass is 254 g/mol. The molecule has 0 amide bonds. The molecule has 0 saturated heterocycles. The third-order valence-electron chi connectivity index (χ3n) is 2.79. The van der Waals surface area contributed by atoms with Crippen LogP contribution in [0.2, 0.25) is 5.02 Å². The highest BCUT2D eigenvalue weighted by Crippen LogP contribution is 2.30. The molecule has 0 spiro atoms. The third kappa shape index (κ3) is 2.37. The van der Waals surface area contributed by atoms with Crippen molar-refractivity contribution in [1.29, 1.82) is 0 Å². The van der Waals surface area contributed by atoms with Crippen molar-refractivity contribution in [3.8, 4) is 0 Å². The third-order valence-corrected chi connectivity index (χ3v) is 4.34. The molecule has 0 saturated carbocycles. The molecule has 1 aromatic carbocycles. The Morgan fingerprint density at radius 2 is 2.31 bits per heavy atom.